The summed E-state index contributed by atoms with van der Waals surface area (Å²) in [5.41, 5.74) is 1.57. The zero-order valence-electron chi connectivity index (χ0n) is 17.3. The molecule has 0 spiro atoms. The van der Waals surface area contributed by atoms with Crippen LogP contribution in [0.1, 0.15) is 35.2 Å². The molecule has 162 valence electrons. The Morgan fingerprint density at radius 2 is 2.07 bits per heavy atom. The highest BCUT2D eigenvalue weighted by Gasteiger charge is 2.33. The maximum absolute atomic E-state index is 13.8. The van der Waals surface area contributed by atoms with Crippen molar-refractivity contribution in [3.63, 3.8) is 0 Å². The molecule has 2 aromatic rings. The van der Waals surface area contributed by atoms with Gasteiger partial charge in [-0.15, -0.1) is 0 Å². The predicted molar refractivity (Wildman–Crippen MR) is 115 cm³/mol. The van der Waals surface area contributed by atoms with Gasteiger partial charge in [-0.25, -0.2) is 8.78 Å². The van der Waals surface area contributed by atoms with Crippen molar-refractivity contribution < 1.29 is 18.3 Å². The van der Waals surface area contributed by atoms with Gasteiger partial charge < -0.3 is 15.0 Å². The van der Waals surface area contributed by atoms with E-state index in [0.29, 0.717) is 41.5 Å². The Hall–Kier alpha value is -2.55. The number of carbonyl (C=O) groups excluding carboxylic acids is 1. The van der Waals surface area contributed by atoms with Crippen LogP contribution in [0.25, 0.3) is 0 Å². The van der Waals surface area contributed by atoms with E-state index in [1.54, 1.807) is 42.3 Å². The minimum Gasteiger partial charge on any atom is -0.481 e. The number of hydrogen-bond acceptors (Lipinski definition) is 5. The Morgan fingerprint density at radius 3 is 2.77 bits per heavy atom. The largest absolute Gasteiger partial charge is 0.481 e. The Bertz CT molecular complexity index is 968. The highest BCUT2D eigenvalue weighted by molar-refractivity contribution is 7.85. The van der Waals surface area contributed by atoms with E-state index in [-0.39, 0.29) is 25.3 Å². The van der Waals surface area contributed by atoms with Gasteiger partial charge in [0.1, 0.15) is 5.82 Å². The second-order valence-corrected chi connectivity index (χ2v) is 8.87. The smallest absolute Gasteiger partial charge is 0.259 e. The van der Waals surface area contributed by atoms with Crippen molar-refractivity contribution in [3.05, 3.63) is 41.5 Å². The van der Waals surface area contributed by atoms with E-state index in [2.05, 4.69) is 10.3 Å². The number of carbonyl (C=O) groups is 1. The number of ether oxygens (including phenoxy) is 1. The van der Waals surface area contributed by atoms with Gasteiger partial charge in [-0.3, -0.25) is 9.57 Å². The van der Waals surface area contributed by atoms with Crippen molar-refractivity contribution in [1.29, 1.82) is 4.78 Å². The van der Waals surface area contributed by atoms with Crippen LogP contribution in [-0.4, -0.2) is 43.3 Å². The van der Waals surface area contributed by atoms with Crippen LogP contribution in [0.4, 0.5) is 20.3 Å². The van der Waals surface area contributed by atoms with Crippen LogP contribution in [-0.2, 0) is 10.7 Å². The quantitative estimate of drug-likeness (QED) is 0.715. The van der Waals surface area contributed by atoms with Crippen molar-refractivity contribution in [2.75, 3.05) is 36.7 Å². The molecule has 0 saturated carbocycles. The molecule has 1 aliphatic rings. The molecule has 30 heavy (non-hydrogen) atoms. The normalized spacial score (nSPS) is 17.2. The van der Waals surface area contributed by atoms with Gasteiger partial charge in [0.05, 0.1) is 12.7 Å². The van der Waals surface area contributed by atoms with E-state index in [1.165, 1.54) is 7.11 Å². The SMILES string of the molecule is COc1nc(N2CCCC(F)(F)CC2)c(C(=O)Nc2cccc([S@](C)=N)c2)cc1C. The maximum Gasteiger partial charge on any atom is 0.259 e. The van der Waals surface area contributed by atoms with E-state index in [9.17, 15) is 13.6 Å². The highest BCUT2D eigenvalue weighted by atomic mass is 32.2. The van der Waals surface area contributed by atoms with E-state index in [0.717, 1.165) is 4.90 Å². The molecule has 0 radical (unpaired) electrons. The molecule has 1 aromatic carbocycles. The summed E-state index contributed by atoms with van der Waals surface area (Å²) in [4.78, 5) is 20.1. The van der Waals surface area contributed by atoms with Crippen LogP contribution in [0.2, 0.25) is 0 Å². The molecule has 0 bridgehead atoms. The number of pyridine rings is 1. The summed E-state index contributed by atoms with van der Waals surface area (Å²) in [6.45, 7) is 2.29. The second kappa shape index (κ2) is 9.07. The fraction of sp³-hybridized carbons (Fsp3) is 0.429. The molecule has 1 saturated heterocycles. The third-order valence-corrected chi connectivity index (χ3v) is 6.01. The average molecular weight is 437 g/mol. The van der Waals surface area contributed by atoms with Crippen LogP contribution in [0.5, 0.6) is 5.88 Å². The van der Waals surface area contributed by atoms with Gasteiger partial charge in [-0.2, -0.15) is 4.98 Å². The van der Waals surface area contributed by atoms with Crippen molar-refractivity contribution in [3.8, 4) is 5.88 Å². The lowest BCUT2D eigenvalue weighted by Crippen LogP contribution is -2.29. The third kappa shape index (κ3) is 5.13. The Labute approximate surface area is 177 Å². The lowest BCUT2D eigenvalue weighted by molar-refractivity contribution is -0.0102. The topological polar surface area (TPSA) is 78.3 Å². The zero-order valence-corrected chi connectivity index (χ0v) is 18.1. The van der Waals surface area contributed by atoms with Gasteiger partial charge in [0.25, 0.3) is 5.91 Å². The van der Waals surface area contributed by atoms with Crippen LogP contribution < -0.4 is 15.0 Å². The van der Waals surface area contributed by atoms with Gasteiger partial charge in [0.2, 0.25) is 11.8 Å². The molecule has 0 aliphatic carbocycles. The predicted octanol–water partition coefficient (Wildman–Crippen LogP) is 4.65. The van der Waals surface area contributed by atoms with Gasteiger partial charge in [0, 0.05) is 42.1 Å². The monoisotopic (exact) mass is 436 g/mol. The van der Waals surface area contributed by atoms with Gasteiger partial charge in [-0.05, 0) is 43.9 Å². The molecular formula is C21H26F2N4O2S. The number of aromatic nitrogens is 1. The molecular weight excluding hydrogens is 410 g/mol. The van der Waals surface area contributed by atoms with Gasteiger partial charge in [0.15, 0.2) is 0 Å². The third-order valence-electron chi connectivity index (χ3n) is 5.05. The number of nitrogens with one attached hydrogen (secondary N) is 2. The Balaban J connectivity index is 1.95. The Morgan fingerprint density at radius 1 is 1.30 bits per heavy atom. The Kier molecular flexibility index (Phi) is 6.70. The number of hydrogen-bond donors (Lipinski definition) is 2. The van der Waals surface area contributed by atoms with Crippen molar-refractivity contribution in [2.45, 2.75) is 37.0 Å². The summed E-state index contributed by atoms with van der Waals surface area (Å²) < 4.78 is 40.9. The first-order chi connectivity index (χ1) is 14.2. The lowest BCUT2D eigenvalue weighted by Gasteiger charge is -2.25. The molecule has 1 aliphatic heterocycles. The molecule has 2 N–H and O–H groups in total. The summed E-state index contributed by atoms with van der Waals surface area (Å²) in [6.07, 6.45) is 1.64. The first-order valence-electron chi connectivity index (χ1n) is 9.67. The number of methoxy groups -OCH3 is 1. The molecule has 0 unspecified atom stereocenters. The summed E-state index contributed by atoms with van der Waals surface area (Å²) in [7, 11) is 0.806. The number of amides is 1. The molecule has 1 fully saturated rings. The molecule has 1 aromatic heterocycles. The zero-order chi connectivity index (χ0) is 21.9. The fourth-order valence-electron chi connectivity index (χ4n) is 3.44. The number of benzene rings is 1. The fourth-order valence-corrected chi connectivity index (χ4v) is 4.03. The van der Waals surface area contributed by atoms with Crippen LogP contribution >= 0.6 is 0 Å². The number of aryl methyl sites for hydroxylation is 1. The van der Waals surface area contributed by atoms with Crippen molar-refractivity contribution in [2.24, 2.45) is 0 Å². The minimum atomic E-state index is -2.71. The van der Waals surface area contributed by atoms with Gasteiger partial charge in [-0.1, -0.05) is 16.8 Å². The molecule has 1 atom stereocenters. The van der Waals surface area contributed by atoms with E-state index in [1.807, 2.05) is 6.07 Å². The van der Waals surface area contributed by atoms with Crippen LogP contribution in [0.3, 0.4) is 0 Å². The summed E-state index contributed by atoms with van der Waals surface area (Å²) in [5, 5.41) is 2.86. The average Bonchev–Trinajstić information content (AvgIpc) is 2.88. The molecule has 3 rings (SSSR count). The number of anilines is 2. The summed E-state index contributed by atoms with van der Waals surface area (Å²) in [5.74, 6) is -2.37. The molecule has 9 heteroatoms. The highest BCUT2D eigenvalue weighted by Crippen LogP contribution is 2.32. The van der Waals surface area contributed by atoms with E-state index < -0.39 is 16.6 Å². The number of nitrogens with zero attached hydrogens (tertiary/aromatic N) is 2. The van der Waals surface area contributed by atoms with E-state index >= 15 is 0 Å². The minimum absolute atomic E-state index is 0.111. The van der Waals surface area contributed by atoms with Crippen molar-refractivity contribution >= 4 is 28.1 Å². The second-order valence-electron chi connectivity index (χ2n) is 7.37. The first-order valence-corrected chi connectivity index (χ1v) is 11.3. The molecule has 6 nitrogen and oxygen atoms in total. The number of halogens is 2. The number of alkyl halides is 2. The summed E-state index contributed by atoms with van der Waals surface area (Å²) >= 11 is 0. The number of rotatable bonds is 5. The van der Waals surface area contributed by atoms with E-state index in [4.69, 9.17) is 9.52 Å². The lowest BCUT2D eigenvalue weighted by atomic mass is 10.1. The summed E-state index contributed by atoms with van der Waals surface area (Å²) in [6, 6.07) is 8.83. The van der Waals surface area contributed by atoms with Crippen LogP contribution in [0, 0.1) is 11.7 Å². The van der Waals surface area contributed by atoms with Gasteiger partial charge >= 0.3 is 0 Å². The maximum atomic E-state index is 13.8. The van der Waals surface area contributed by atoms with Crippen molar-refractivity contribution in [1.82, 2.24) is 4.98 Å². The molecule has 1 amide bonds. The first kappa shape index (κ1) is 22.1. The standard InChI is InChI=1S/C21H26F2N4O2S/c1-14-12-17(19(28)25-15-6-4-7-16(13-15)30(3)24)18(26-20(14)29-2)27-10-5-8-21(22,23)9-11-27/h4,6-7,12-13,24H,5,8-11H2,1-3H3,(H,25,28)/t30-/m0/s1. The molecule has 2 heterocycles. The van der Waals surface area contributed by atoms with Crippen LogP contribution in [0.15, 0.2) is 35.2 Å².